The predicted molar refractivity (Wildman–Crippen MR) is 30.9 cm³/mol. The normalized spacial score (nSPS) is 5.33. The van der Waals surface area contributed by atoms with Gasteiger partial charge in [0.1, 0.15) is 0 Å². The molecule has 0 radical (unpaired) electrons. The number of terminal acetylenes is 1. The van der Waals surface area contributed by atoms with E-state index >= 15 is 0 Å². The molecule has 0 N–H and O–H groups in total. The van der Waals surface area contributed by atoms with Crippen LogP contribution >= 0.6 is 0 Å². The molecule has 0 aliphatic heterocycles. The van der Waals surface area contributed by atoms with Crippen LogP contribution in [0.15, 0.2) is 0 Å². The molecule has 1 heteroatoms. The standard InChI is InChI=1S/C5H8.Li.H/c1-3-5-4-2;;/h1H,4-5H2,2H3;;. The molecule has 0 bridgehead atoms. The molecule has 0 saturated heterocycles. The van der Waals surface area contributed by atoms with Crippen LogP contribution < -0.4 is 0 Å². The maximum absolute atomic E-state index is 4.89. The van der Waals surface area contributed by atoms with Crippen molar-refractivity contribution in [2.75, 3.05) is 0 Å². The van der Waals surface area contributed by atoms with Gasteiger partial charge >= 0.3 is 18.9 Å². The second kappa shape index (κ2) is 8.94. The Hall–Kier alpha value is 0.157. The molecule has 0 spiro atoms. The van der Waals surface area contributed by atoms with E-state index in [1.54, 1.807) is 0 Å². The molecule has 0 atom stereocenters. The number of rotatable bonds is 1. The van der Waals surface area contributed by atoms with Crippen LogP contribution in [-0.4, -0.2) is 18.9 Å². The average molecular weight is 76.1 g/mol. The van der Waals surface area contributed by atoms with Gasteiger partial charge in [-0.15, -0.1) is 12.3 Å². The van der Waals surface area contributed by atoms with E-state index < -0.39 is 0 Å². The van der Waals surface area contributed by atoms with Crippen LogP contribution in [0.25, 0.3) is 0 Å². The van der Waals surface area contributed by atoms with Crippen molar-refractivity contribution in [1.29, 1.82) is 0 Å². The van der Waals surface area contributed by atoms with Gasteiger partial charge in [0, 0.05) is 6.42 Å². The molecule has 0 aromatic carbocycles. The minimum atomic E-state index is 0. The molecule has 0 aliphatic carbocycles. The van der Waals surface area contributed by atoms with E-state index in [1.807, 2.05) is 0 Å². The Morgan fingerprint density at radius 3 is 2.17 bits per heavy atom. The Balaban J connectivity index is 0. The van der Waals surface area contributed by atoms with E-state index in [-0.39, 0.29) is 18.9 Å². The molecule has 0 aromatic heterocycles. The molecule has 0 nitrogen and oxygen atoms in total. The molecule has 0 aromatic rings. The Morgan fingerprint density at radius 2 is 2.17 bits per heavy atom. The van der Waals surface area contributed by atoms with Gasteiger partial charge in [-0.05, 0) is 6.42 Å². The van der Waals surface area contributed by atoms with E-state index in [1.165, 1.54) is 0 Å². The summed E-state index contributed by atoms with van der Waals surface area (Å²) < 4.78 is 0. The minimum absolute atomic E-state index is 0. The van der Waals surface area contributed by atoms with Crippen molar-refractivity contribution in [3.8, 4) is 12.3 Å². The quantitative estimate of drug-likeness (QED) is 0.319. The van der Waals surface area contributed by atoms with Gasteiger partial charge in [-0.25, -0.2) is 0 Å². The van der Waals surface area contributed by atoms with Crippen molar-refractivity contribution < 1.29 is 0 Å². The van der Waals surface area contributed by atoms with Crippen molar-refractivity contribution in [2.45, 2.75) is 19.8 Å². The Kier molecular flexibility index (Phi) is 14.1. The van der Waals surface area contributed by atoms with Crippen molar-refractivity contribution in [3.63, 3.8) is 0 Å². The van der Waals surface area contributed by atoms with Gasteiger partial charge in [0.25, 0.3) is 0 Å². The summed E-state index contributed by atoms with van der Waals surface area (Å²) in [6.07, 6.45) is 6.91. The van der Waals surface area contributed by atoms with Crippen molar-refractivity contribution in [1.82, 2.24) is 0 Å². The van der Waals surface area contributed by atoms with Gasteiger partial charge in [0.05, 0.1) is 0 Å². The van der Waals surface area contributed by atoms with E-state index in [2.05, 4.69) is 12.8 Å². The summed E-state index contributed by atoms with van der Waals surface area (Å²) in [6.45, 7) is 2.07. The molecule has 0 rings (SSSR count). The van der Waals surface area contributed by atoms with Crippen LogP contribution in [0.3, 0.4) is 0 Å². The van der Waals surface area contributed by atoms with Crippen molar-refractivity contribution in [3.05, 3.63) is 0 Å². The number of unbranched alkanes of at least 4 members (excludes halogenated alkanes) is 1. The third kappa shape index (κ3) is 8.90. The first-order chi connectivity index (χ1) is 2.41. The first-order valence-electron chi connectivity index (χ1n) is 1.85. The number of hydrogen-bond acceptors (Lipinski definition) is 0. The summed E-state index contributed by atoms with van der Waals surface area (Å²) in [5.41, 5.74) is 0. The van der Waals surface area contributed by atoms with Gasteiger partial charge in [-0.1, -0.05) is 6.92 Å². The van der Waals surface area contributed by atoms with Crippen molar-refractivity contribution >= 4 is 18.9 Å². The summed E-state index contributed by atoms with van der Waals surface area (Å²) in [6, 6.07) is 0. The second-order valence-electron chi connectivity index (χ2n) is 0.954. The molecular formula is C5H9Li. The van der Waals surface area contributed by atoms with Crippen LogP contribution in [-0.2, 0) is 0 Å². The third-order valence-corrected chi connectivity index (χ3v) is 0.394. The van der Waals surface area contributed by atoms with E-state index in [4.69, 9.17) is 6.42 Å². The average Bonchev–Trinajstić information content (AvgIpc) is 1.41. The summed E-state index contributed by atoms with van der Waals surface area (Å²) >= 11 is 0. The summed E-state index contributed by atoms with van der Waals surface area (Å²) in [5.74, 6) is 2.52. The molecule has 0 saturated carbocycles. The number of hydrogen-bond donors (Lipinski definition) is 0. The Morgan fingerprint density at radius 1 is 1.67 bits per heavy atom. The molecule has 6 heavy (non-hydrogen) atoms. The van der Waals surface area contributed by atoms with Crippen LogP contribution in [0.5, 0.6) is 0 Å². The zero-order valence-corrected chi connectivity index (χ0v) is 3.49. The zero-order chi connectivity index (χ0) is 4.12. The molecule has 0 heterocycles. The zero-order valence-electron chi connectivity index (χ0n) is 3.49. The topological polar surface area (TPSA) is 0 Å². The molecule has 0 unspecified atom stereocenters. The van der Waals surface area contributed by atoms with E-state index in [0.717, 1.165) is 12.8 Å². The van der Waals surface area contributed by atoms with Crippen LogP contribution in [0.4, 0.5) is 0 Å². The Bertz CT molecular complexity index is 42.4. The predicted octanol–water partition coefficient (Wildman–Crippen LogP) is 0.771. The van der Waals surface area contributed by atoms with Gasteiger partial charge in [-0.2, -0.15) is 0 Å². The SMILES string of the molecule is C#CCCC.[LiH]. The summed E-state index contributed by atoms with van der Waals surface area (Å²) in [4.78, 5) is 0. The van der Waals surface area contributed by atoms with Gasteiger partial charge in [-0.3, -0.25) is 0 Å². The fourth-order valence-corrected chi connectivity index (χ4v) is 0.144. The van der Waals surface area contributed by atoms with Crippen molar-refractivity contribution in [2.24, 2.45) is 0 Å². The van der Waals surface area contributed by atoms with E-state index in [0.29, 0.717) is 0 Å². The van der Waals surface area contributed by atoms with E-state index in [9.17, 15) is 0 Å². The fourth-order valence-electron chi connectivity index (χ4n) is 0.144. The van der Waals surface area contributed by atoms with Gasteiger partial charge < -0.3 is 0 Å². The fraction of sp³-hybridized carbons (Fsp3) is 0.600. The van der Waals surface area contributed by atoms with Gasteiger partial charge in [0.15, 0.2) is 0 Å². The first-order valence-corrected chi connectivity index (χ1v) is 1.85. The van der Waals surface area contributed by atoms with Gasteiger partial charge in [0.2, 0.25) is 0 Å². The third-order valence-electron chi connectivity index (χ3n) is 0.394. The maximum atomic E-state index is 4.89. The Labute approximate surface area is 51.5 Å². The summed E-state index contributed by atoms with van der Waals surface area (Å²) in [7, 11) is 0. The molecule has 0 amide bonds. The monoisotopic (exact) mass is 76.1 g/mol. The second-order valence-corrected chi connectivity index (χ2v) is 0.954. The van der Waals surface area contributed by atoms with Crippen LogP contribution in [0, 0.1) is 12.3 Å². The molecule has 0 aliphatic rings. The van der Waals surface area contributed by atoms with Crippen LogP contribution in [0.2, 0.25) is 0 Å². The first kappa shape index (κ1) is 9.48. The molecular weight excluding hydrogens is 67.0 g/mol. The molecule has 30 valence electrons. The molecule has 0 fully saturated rings. The van der Waals surface area contributed by atoms with Crippen LogP contribution in [0.1, 0.15) is 19.8 Å². The summed E-state index contributed by atoms with van der Waals surface area (Å²) in [5, 5.41) is 0.